The summed E-state index contributed by atoms with van der Waals surface area (Å²) in [6, 6.07) is 11.9. The zero-order valence-electron chi connectivity index (χ0n) is 24.0. The molecular formula is C31H41FN4O4. The molecule has 0 spiro atoms. The fourth-order valence-corrected chi connectivity index (χ4v) is 5.48. The zero-order valence-corrected chi connectivity index (χ0v) is 24.0. The maximum absolute atomic E-state index is 13.9. The summed E-state index contributed by atoms with van der Waals surface area (Å²) in [6.45, 7) is 9.33. The first-order valence-electron chi connectivity index (χ1n) is 14.0. The van der Waals surface area contributed by atoms with E-state index in [4.69, 9.17) is 4.74 Å². The van der Waals surface area contributed by atoms with Crippen LogP contribution < -0.4 is 10.1 Å². The third-order valence-corrected chi connectivity index (χ3v) is 7.50. The SMILES string of the molecule is COc1cccc(CN(C(=O)CC(C)(C)C)C2CC(C(=O)N3CCCNCC3)N(C(=O)c3ccc(F)cc3)C2)c1. The Balaban J connectivity index is 1.66. The van der Waals surface area contributed by atoms with Gasteiger partial charge in [-0.25, -0.2) is 4.39 Å². The van der Waals surface area contributed by atoms with Gasteiger partial charge in [0.1, 0.15) is 17.6 Å². The van der Waals surface area contributed by atoms with Crippen LogP contribution in [-0.2, 0) is 16.1 Å². The van der Waals surface area contributed by atoms with Gasteiger partial charge in [0.25, 0.3) is 5.91 Å². The van der Waals surface area contributed by atoms with E-state index < -0.39 is 11.9 Å². The Morgan fingerprint density at radius 3 is 2.52 bits per heavy atom. The van der Waals surface area contributed by atoms with Crippen molar-refractivity contribution in [2.24, 2.45) is 5.41 Å². The number of methoxy groups -OCH3 is 1. The van der Waals surface area contributed by atoms with E-state index in [1.54, 1.807) is 12.0 Å². The van der Waals surface area contributed by atoms with Gasteiger partial charge in [-0.15, -0.1) is 0 Å². The van der Waals surface area contributed by atoms with E-state index in [-0.39, 0.29) is 35.7 Å². The minimum Gasteiger partial charge on any atom is -0.497 e. The van der Waals surface area contributed by atoms with Crippen molar-refractivity contribution in [2.75, 3.05) is 39.8 Å². The number of carbonyl (C=O) groups is 3. The number of halogens is 1. The average Bonchev–Trinajstić information content (AvgIpc) is 3.17. The van der Waals surface area contributed by atoms with Gasteiger partial charge in [0.2, 0.25) is 11.8 Å². The van der Waals surface area contributed by atoms with E-state index in [0.717, 1.165) is 18.5 Å². The predicted octanol–water partition coefficient (Wildman–Crippen LogP) is 3.70. The van der Waals surface area contributed by atoms with Crippen molar-refractivity contribution in [2.45, 2.75) is 58.7 Å². The number of amides is 3. The van der Waals surface area contributed by atoms with Crippen LogP contribution in [0.2, 0.25) is 0 Å². The summed E-state index contributed by atoms with van der Waals surface area (Å²) in [6.07, 6.45) is 1.51. The van der Waals surface area contributed by atoms with Crippen molar-refractivity contribution in [3.8, 4) is 5.75 Å². The van der Waals surface area contributed by atoms with Crippen LogP contribution in [0, 0.1) is 11.2 Å². The molecule has 2 aromatic carbocycles. The minimum atomic E-state index is -0.712. The molecule has 2 heterocycles. The van der Waals surface area contributed by atoms with Crippen molar-refractivity contribution in [3.63, 3.8) is 0 Å². The number of nitrogens with zero attached hydrogens (tertiary/aromatic N) is 3. The van der Waals surface area contributed by atoms with Crippen molar-refractivity contribution >= 4 is 17.7 Å². The molecular weight excluding hydrogens is 511 g/mol. The third kappa shape index (κ3) is 7.38. The number of likely N-dealkylation sites (tertiary alicyclic amines) is 1. The number of benzene rings is 2. The van der Waals surface area contributed by atoms with Crippen LogP contribution in [0.4, 0.5) is 4.39 Å². The zero-order chi connectivity index (χ0) is 28.9. The van der Waals surface area contributed by atoms with Gasteiger partial charge >= 0.3 is 0 Å². The summed E-state index contributed by atoms with van der Waals surface area (Å²) in [4.78, 5) is 46.6. The highest BCUT2D eigenvalue weighted by molar-refractivity contribution is 5.98. The molecule has 3 amide bonds. The Morgan fingerprint density at radius 2 is 1.82 bits per heavy atom. The fourth-order valence-electron chi connectivity index (χ4n) is 5.48. The van der Waals surface area contributed by atoms with Crippen LogP contribution in [0.3, 0.4) is 0 Å². The molecule has 2 saturated heterocycles. The van der Waals surface area contributed by atoms with E-state index in [1.807, 2.05) is 54.8 Å². The van der Waals surface area contributed by atoms with Gasteiger partial charge < -0.3 is 24.8 Å². The monoisotopic (exact) mass is 552 g/mol. The normalized spacial score (nSPS) is 19.7. The fraction of sp³-hybridized carbons (Fsp3) is 0.516. The van der Waals surface area contributed by atoms with Crippen LogP contribution >= 0.6 is 0 Å². The molecule has 2 aliphatic heterocycles. The molecule has 216 valence electrons. The lowest BCUT2D eigenvalue weighted by molar-refractivity contribution is -0.137. The molecule has 2 aliphatic rings. The highest BCUT2D eigenvalue weighted by atomic mass is 19.1. The lowest BCUT2D eigenvalue weighted by Crippen LogP contribution is -2.48. The molecule has 0 aromatic heterocycles. The summed E-state index contributed by atoms with van der Waals surface area (Å²) >= 11 is 0. The van der Waals surface area contributed by atoms with Crippen molar-refractivity contribution < 1.29 is 23.5 Å². The van der Waals surface area contributed by atoms with Gasteiger partial charge in [-0.1, -0.05) is 32.9 Å². The second-order valence-corrected chi connectivity index (χ2v) is 11.9. The summed E-state index contributed by atoms with van der Waals surface area (Å²) in [5, 5.41) is 3.31. The Hall–Kier alpha value is -3.46. The van der Waals surface area contributed by atoms with E-state index in [9.17, 15) is 18.8 Å². The number of nitrogens with one attached hydrogen (secondary N) is 1. The Morgan fingerprint density at radius 1 is 1.07 bits per heavy atom. The maximum atomic E-state index is 13.9. The van der Waals surface area contributed by atoms with E-state index >= 15 is 0 Å². The van der Waals surface area contributed by atoms with Gasteiger partial charge in [-0.3, -0.25) is 14.4 Å². The molecule has 40 heavy (non-hydrogen) atoms. The van der Waals surface area contributed by atoms with Crippen LogP contribution in [0.25, 0.3) is 0 Å². The Labute approximate surface area is 236 Å². The molecule has 4 rings (SSSR count). The molecule has 2 atom stereocenters. The average molecular weight is 553 g/mol. The second kappa shape index (κ2) is 12.8. The molecule has 2 aromatic rings. The van der Waals surface area contributed by atoms with Gasteiger partial charge in [-0.05, 0) is 66.8 Å². The first kappa shape index (κ1) is 29.5. The summed E-state index contributed by atoms with van der Waals surface area (Å²) < 4.78 is 19.0. The van der Waals surface area contributed by atoms with Gasteiger partial charge in [0.05, 0.1) is 13.2 Å². The standard InChI is InChI=1S/C31H41FN4O4/c1-31(2,3)19-28(37)35(20-22-7-5-8-26(17-22)40-4)25-18-27(30(39)34-15-6-13-33-14-16-34)36(21-25)29(38)23-9-11-24(32)12-10-23/h5,7-12,17,25,27,33H,6,13-16,18-21H2,1-4H3. The molecule has 8 nitrogen and oxygen atoms in total. The van der Waals surface area contributed by atoms with Crippen LogP contribution in [-0.4, -0.2) is 84.3 Å². The summed E-state index contributed by atoms with van der Waals surface area (Å²) in [5.41, 5.74) is 0.990. The Kier molecular flexibility index (Phi) is 9.45. The molecule has 2 fully saturated rings. The van der Waals surface area contributed by atoms with Crippen LogP contribution in [0.5, 0.6) is 5.75 Å². The maximum Gasteiger partial charge on any atom is 0.254 e. The highest BCUT2D eigenvalue weighted by Crippen LogP contribution is 2.30. The smallest absolute Gasteiger partial charge is 0.254 e. The number of hydrogen-bond acceptors (Lipinski definition) is 5. The molecule has 0 bridgehead atoms. The van der Waals surface area contributed by atoms with Crippen LogP contribution in [0.1, 0.15) is 56.0 Å². The lowest BCUT2D eigenvalue weighted by Gasteiger charge is -2.32. The van der Waals surface area contributed by atoms with E-state index in [0.29, 0.717) is 50.3 Å². The first-order valence-corrected chi connectivity index (χ1v) is 14.0. The summed E-state index contributed by atoms with van der Waals surface area (Å²) in [5.74, 6) is -0.202. The van der Waals surface area contributed by atoms with Crippen molar-refractivity contribution in [1.82, 2.24) is 20.0 Å². The minimum absolute atomic E-state index is 0.0263. The molecule has 0 saturated carbocycles. The van der Waals surface area contributed by atoms with E-state index in [1.165, 1.54) is 24.3 Å². The molecule has 2 unspecified atom stereocenters. The second-order valence-electron chi connectivity index (χ2n) is 11.9. The number of rotatable bonds is 7. The van der Waals surface area contributed by atoms with E-state index in [2.05, 4.69) is 5.32 Å². The van der Waals surface area contributed by atoms with Crippen molar-refractivity contribution in [1.29, 1.82) is 0 Å². The molecule has 9 heteroatoms. The molecule has 1 N–H and O–H groups in total. The lowest BCUT2D eigenvalue weighted by atomic mass is 9.91. The quantitative estimate of drug-likeness (QED) is 0.567. The van der Waals surface area contributed by atoms with Gasteiger partial charge in [0.15, 0.2) is 0 Å². The Bertz CT molecular complexity index is 1190. The largest absolute Gasteiger partial charge is 0.497 e. The van der Waals surface area contributed by atoms with Gasteiger partial charge in [0, 0.05) is 44.7 Å². The number of ether oxygens (including phenoxy) is 1. The third-order valence-electron chi connectivity index (χ3n) is 7.50. The highest BCUT2D eigenvalue weighted by Gasteiger charge is 2.45. The molecule has 0 radical (unpaired) electrons. The summed E-state index contributed by atoms with van der Waals surface area (Å²) in [7, 11) is 1.60. The van der Waals surface area contributed by atoms with Gasteiger partial charge in [-0.2, -0.15) is 0 Å². The topological polar surface area (TPSA) is 82.2 Å². The number of hydrogen-bond donors (Lipinski definition) is 1. The van der Waals surface area contributed by atoms with Crippen molar-refractivity contribution in [3.05, 3.63) is 65.5 Å². The number of carbonyl (C=O) groups excluding carboxylic acids is 3. The van der Waals surface area contributed by atoms with Crippen LogP contribution in [0.15, 0.2) is 48.5 Å². The predicted molar refractivity (Wildman–Crippen MR) is 151 cm³/mol. The molecule has 0 aliphatic carbocycles. The first-order chi connectivity index (χ1) is 19.1.